The summed E-state index contributed by atoms with van der Waals surface area (Å²) in [6.07, 6.45) is 1.44. The second-order valence-corrected chi connectivity index (χ2v) is 5.71. The lowest BCUT2D eigenvalue weighted by molar-refractivity contribution is -0.117. The summed E-state index contributed by atoms with van der Waals surface area (Å²) >= 11 is 0. The van der Waals surface area contributed by atoms with Crippen LogP contribution in [0.1, 0.15) is 19.8 Å². The van der Waals surface area contributed by atoms with Crippen LogP contribution in [0, 0.1) is 0 Å². The molecule has 1 aliphatic heterocycles. The quantitative estimate of drug-likeness (QED) is 0.869. The molecular formula is C19H21N3O3. The van der Waals surface area contributed by atoms with Crippen LogP contribution in [-0.4, -0.2) is 25.1 Å². The van der Waals surface area contributed by atoms with Gasteiger partial charge in [-0.05, 0) is 43.7 Å². The molecule has 1 aliphatic rings. The van der Waals surface area contributed by atoms with Gasteiger partial charge in [0.15, 0.2) is 0 Å². The van der Waals surface area contributed by atoms with Crippen LogP contribution in [-0.2, 0) is 4.79 Å². The molecule has 0 atom stereocenters. The van der Waals surface area contributed by atoms with Crippen LogP contribution in [0.4, 0.5) is 21.9 Å². The lowest BCUT2D eigenvalue weighted by atomic mass is 10.2. The molecule has 0 bridgehead atoms. The molecule has 0 saturated carbocycles. The molecule has 2 N–H and O–H groups in total. The fourth-order valence-corrected chi connectivity index (χ4v) is 2.81. The number of nitrogens with one attached hydrogen (secondary N) is 2. The summed E-state index contributed by atoms with van der Waals surface area (Å²) in [7, 11) is 0. The van der Waals surface area contributed by atoms with Gasteiger partial charge >= 0.3 is 6.03 Å². The van der Waals surface area contributed by atoms with Crippen LogP contribution in [0.25, 0.3) is 0 Å². The first kappa shape index (κ1) is 16.8. The maximum absolute atomic E-state index is 12.3. The molecule has 2 aromatic carbocycles. The van der Waals surface area contributed by atoms with E-state index in [1.54, 1.807) is 29.2 Å². The van der Waals surface area contributed by atoms with Crippen molar-refractivity contribution in [1.82, 2.24) is 0 Å². The van der Waals surface area contributed by atoms with E-state index in [0.717, 1.165) is 18.7 Å². The molecular weight excluding hydrogens is 318 g/mol. The van der Waals surface area contributed by atoms with Crippen LogP contribution >= 0.6 is 0 Å². The van der Waals surface area contributed by atoms with Crippen molar-refractivity contribution in [2.24, 2.45) is 0 Å². The highest BCUT2D eigenvalue weighted by Crippen LogP contribution is 2.26. The van der Waals surface area contributed by atoms with Gasteiger partial charge in [-0.1, -0.05) is 18.2 Å². The predicted octanol–water partition coefficient (Wildman–Crippen LogP) is 3.86. The van der Waals surface area contributed by atoms with Crippen molar-refractivity contribution in [3.05, 3.63) is 48.5 Å². The highest BCUT2D eigenvalue weighted by Gasteiger charge is 2.21. The molecule has 6 nitrogen and oxygen atoms in total. The van der Waals surface area contributed by atoms with Gasteiger partial charge in [-0.25, -0.2) is 4.79 Å². The number of para-hydroxylation sites is 2. The van der Waals surface area contributed by atoms with Crippen LogP contribution < -0.4 is 20.3 Å². The standard InChI is InChI=1S/C19H21N3O3/c1-2-25-17-10-4-3-9-16(17)21-19(24)20-14-7-5-8-15(13-14)22-12-6-11-18(22)23/h3-5,7-10,13H,2,6,11-12H2,1H3,(H2,20,21,24). The van der Waals surface area contributed by atoms with Crippen molar-refractivity contribution < 1.29 is 14.3 Å². The third-order valence-corrected chi connectivity index (χ3v) is 3.92. The number of amides is 3. The Labute approximate surface area is 146 Å². The number of benzene rings is 2. The first-order valence-corrected chi connectivity index (χ1v) is 8.37. The molecule has 0 unspecified atom stereocenters. The summed E-state index contributed by atoms with van der Waals surface area (Å²) in [4.78, 5) is 25.9. The molecule has 25 heavy (non-hydrogen) atoms. The van der Waals surface area contributed by atoms with Crippen LogP contribution in [0.2, 0.25) is 0 Å². The minimum atomic E-state index is -0.364. The third-order valence-electron chi connectivity index (χ3n) is 3.92. The Hall–Kier alpha value is -3.02. The zero-order chi connectivity index (χ0) is 17.6. The van der Waals surface area contributed by atoms with Gasteiger partial charge in [0, 0.05) is 24.3 Å². The number of rotatable bonds is 5. The van der Waals surface area contributed by atoms with Gasteiger partial charge in [0.1, 0.15) is 5.75 Å². The minimum Gasteiger partial charge on any atom is -0.492 e. The Balaban J connectivity index is 1.68. The van der Waals surface area contributed by atoms with Crippen LogP contribution in [0.5, 0.6) is 5.75 Å². The Morgan fingerprint density at radius 3 is 2.76 bits per heavy atom. The van der Waals surface area contributed by atoms with Gasteiger partial charge in [0.05, 0.1) is 12.3 Å². The van der Waals surface area contributed by atoms with Gasteiger partial charge in [-0.2, -0.15) is 0 Å². The maximum atomic E-state index is 12.3. The van der Waals surface area contributed by atoms with E-state index in [4.69, 9.17) is 4.74 Å². The average Bonchev–Trinajstić information content (AvgIpc) is 3.03. The summed E-state index contributed by atoms with van der Waals surface area (Å²) < 4.78 is 5.50. The Bertz CT molecular complexity index is 776. The lowest BCUT2D eigenvalue weighted by Gasteiger charge is -2.17. The smallest absolute Gasteiger partial charge is 0.323 e. The summed E-state index contributed by atoms with van der Waals surface area (Å²) in [6.45, 7) is 3.13. The lowest BCUT2D eigenvalue weighted by Crippen LogP contribution is -2.24. The number of carbonyl (C=O) groups excluding carboxylic acids is 2. The monoisotopic (exact) mass is 339 g/mol. The van der Waals surface area contributed by atoms with Crippen molar-refractivity contribution >= 4 is 29.0 Å². The van der Waals surface area contributed by atoms with E-state index in [9.17, 15) is 9.59 Å². The van der Waals surface area contributed by atoms with E-state index in [2.05, 4.69) is 10.6 Å². The van der Waals surface area contributed by atoms with Gasteiger partial charge in [-0.3, -0.25) is 4.79 Å². The molecule has 6 heteroatoms. The first-order valence-electron chi connectivity index (χ1n) is 8.37. The molecule has 3 amide bonds. The third kappa shape index (κ3) is 4.09. The molecule has 0 radical (unpaired) electrons. The molecule has 1 fully saturated rings. The number of urea groups is 1. The topological polar surface area (TPSA) is 70.7 Å². The fraction of sp³-hybridized carbons (Fsp3) is 0.263. The van der Waals surface area contributed by atoms with E-state index < -0.39 is 0 Å². The molecule has 2 aromatic rings. The Kier molecular flexibility index (Phi) is 5.18. The van der Waals surface area contributed by atoms with E-state index in [1.807, 2.05) is 31.2 Å². The van der Waals surface area contributed by atoms with Crippen molar-refractivity contribution in [1.29, 1.82) is 0 Å². The van der Waals surface area contributed by atoms with Crippen molar-refractivity contribution in [2.45, 2.75) is 19.8 Å². The zero-order valence-electron chi connectivity index (χ0n) is 14.1. The number of nitrogens with zero attached hydrogens (tertiary/aromatic N) is 1. The molecule has 1 heterocycles. The van der Waals surface area contributed by atoms with Crippen molar-refractivity contribution in [3.8, 4) is 5.75 Å². The first-order chi connectivity index (χ1) is 12.2. The number of hydrogen-bond acceptors (Lipinski definition) is 3. The zero-order valence-corrected chi connectivity index (χ0v) is 14.1. The van der Waals surface area contributed by atoms with E-state index in [1.165, 1.54) is 0 Å². The molecule has 3 rings (SSSR count). The number of anilines is 3. The van der Waals surface area contributed by atoms with Crippen molar-refractivity contribution in [3.63, 3.8) is 0 Å². The van der Waals surface area contributed by atoms with E-state index in [-0.39, 0.29) is 11.9 Å². The minimum absolute atomic E-state index is 0.118. The second-order valence-electron chi connectivity index (χ2n) is 5.71. The highest BCUT2D eigenvalue weighted by atomic mass is 16.5. The summed E-state index contributed by atoms with van der Waals surface area (Å²) in [5, 5.41) is 5.58. The largest absolute Gasteiger partial charge is 0.492 e. The van der Waals surface area contributed by atoms with Gasteiger partial charge < -0.3 is 20.3 Å². The van der Waals surface area contributed by atoms with Gasteiger partial charge in [0.2, 0.25) is 5.91 Å². The predicted molar refractivity (Wildman–Crippen MR) is 98.3 cm³/mol. The molecule has 0 aromatic heterocycles. The average molecular weight is 339 g/mol. The Morgan fingerprint density at radius 2 is 2.00 bits per heavy atom. The number of hydrogen-bond donors (Lipinski definition) is 2. The molecule has 1 saturated heterocycles. The van der Waals surface area contributed by atoms with E-state index >= 15 is 0 Å². The summed E-state index contributed by atoms with van der Waals surface area (Å²) in [6, 6.07) is 14.2. The number of carbonyl (C=O) groups is 2. The Morgan fingerprint density at radius 1 is 1.16 bits per heavy atom. The number of ether oxygens (including phenoxy) is 1. The van der Waals surface area contributed by atoms with E-state index in [0.29, 0.717) is 30.2 Å². The van der Waals surface area contributed by atoms with Gasteiger partial charge in [0.25, 0.3) is 0 Å². The van der Waals surface area contributed by atoms with Crippen LogP contribution in [0.15, 0.2) is 48.5 Å². The molecule has 0 aliphatic carbocycles. The summed E-state index contributed by atoms with van der Waals surface area (Å²) in [5.41, 5.74) is 2.03. The normalized spacial score (nSPS) is 13.6. The summed E-state index contributed by atoms with van der Waals surface area (Å²) in [5.74, 6) is 0.740. The van der Waals surface area contributed by atoms with Crippen molar-refractivity contribution in [2.75, 3.05) is 28.7 Å². The fourth-order valence-electron chi connectivity index (χ4n) is 2.81. The van der Waals surface area contributed by atoms with Gasteiger partial charge in [-0.15, -0.1) is 0 Å². The molecule has 0 spiro atoms. The molecule has 130 valence electrons. The second kappa shape index (κ2) is 7.70. The SMILES string of the molecule is CCOc1ccccc1NC(=O)Nc1cccc(N2CCCC2=O)c1. The highest BCUT2D eigenvalue weighted by molar-refractivity contribution is 6.01. The maximum Gasteiger partial charge on any atom is 0.323 e. The van der Waals surface area contributed by atoms with Crippen LogP contribution in [0.3, 0.4) is 0 Å².